The fourth-order valence-electron chi connectivity index (χ4n) is 2.50. The number of hydrogen-bond acceptors (Lipinski definition) is 4. The minimum Gasteiger partial charge on any atom is -0.483 e. The van der Waals surface area contributed by atoms with E-state index in [-0.39, 0.29) is 23.8 Å². The summed E-state index contributed by atoms with van der Waals surface area (Å²) in [6.45, 7) is 0.286. The largest absolute Gasteiger partial charge is 0.483 e. The molecule has 0 aliphatic rings. The summed E-state index contributed by atoms with van der Waals surface area (Å²) < 4.78 is 5.54. The standard InChI is InChI=1S/C19H17NO4S/c1-20(10-13-6-7-25-12-13)18(21)11-24-17-9-15-5-3-2-4-14(15)8-16(17)19(22)23/h2-9,12H,10-11H2,1H3,(H,22,23). The van der Waals surface area contributed by atoms with E-state index < -0.39 is 5.97 Å². The van der Waals surface area contributed by atoms with Crippen molar-refractivity contribution in [3.8, 4) is 5.75 Å². The quantitative estimate of drug-likeness (QED) is 0.733. The Kier molecular flexibility index (Phi) is 5.00. The van der Waals surface area contributed by atoms with E-state index in [9.17, 15) is 14.7 Å². The number of likely N-dealkylation sites (N-methyl/N-ethyl adjacent to an activating group) is 1. The summed E-state index contributed by atoms with van der Waals surface area (Å²) in [6.07, 6.45) is 0. The average Bonchev–Trinajstić information content (AvgIpc) is 3.11. The van der Waals surface area contributed by atoms with Gasteiger partial charge in [-0.3, -0.25) is 4.79 Å². The van der Waals surface area contributed by atoms with Gasteiger partial charge >= 0.3 is 5.97 Å². The van der Waals surface area contributed by atoms with E-state index in [1.165, 1.54) is 0 Å². The molecule has 0 fully saturated rings. The first-order valence-corrected chi connectivity index (χ1v) is 8.63. The number of hydrogen-bond donors (Lipinski definition) is 1. The molecule has 0 radical (unpaired) electrons. The molecule has 0 saturated carbocycles. The second-order valence-electron chi connectivity index (χ2n) is 5.67. The first-order chi connectivity index (χ1) is 12.0. The zero-order valence-electron chi connectivity index (χ0n) is 13.6. The maximum Gasteiger partial charge on any atom is 0.339 e. The van der Waals surface area contributed by atoms with Crippen LogP contribution in [0.4, 0.5) is 0 Å². The molecule has 3 rings (SSSR count). The van der Waals surface area contributed by atoms with Crippen molar-refractivity contribution < 1.29 is 19.4 Å². The number of thiophene rings is 1. The van der Waals surface area contributed by atoms with Gasteiger partial charge in [-0.05, 0) is 45.3 Å². The van der Waals surface area contributed by atoms with Gasteiger partial charge < -0.3 is 14.7 Å². The van der Waals surface area contributed by atoms with E-state index in [0.29, 0.717) is 6.54 Å². The Morgan fingerprint density at radius 3 is 2.52 bits per heavy atom. The normalized spacial score (nSPS) is 10.6. The molecule has 0 unspecified atom stereocenters. The van der Waals surface area contributed by atoms with E-state index in [1.54, 1.807) is 35.4 Å². The summed E-state index contributed by atoms with van der Waals surface area (Å²) in [5.74, 6) is -1.10. The monoisotopic (exact) mass is 355 g/mol. The minimum absolute atomic E-state index is 0.0481. The Morgan fingerprint density at radius 1 is 1.16 bits per heavy atom. The van der Waals surface area contributed by atoms with Crippen molar-refractivity contribution in [2.45, 2.75) is 6.54 Å². The Hall–Kier alpha value is -2.86. The van der Waals surface area contributed by atoms with Gasteiger partial charge in [-0.15, -0.1) is 0 Å². The zero-order chi connectivity index (χ0) is 17.8. The van der Waals surface area contributed by atoms with E-state index in [0.717, 1.165) is 16.3 Å². The molecule has 0 spiro atoms. The van der Waals surface area contributed by atoms with Crippen LogP contribution in [0.3, 0.4) is 0 Å². The average molecular weight is 355 g/mol. The minimum atomic E-state index is -1.08. The second kappa shape index (κ2) is 7.36. The highest BCUT2D eigenvalue weighted by molar-refractivity contribution is 7.07. The fourth-order valence-corrected chi connectivity index (χ4v) is 3.16. The molecule has 0 aliphatic carbocycles. The van der Waals surface area contributed by atoms with Gasteiger partial charge in [-0.2, -0.15) is 11.3 Å². The third-order valence-electron chi connectivity index (χ3n) is 3.86. The van der Waals surface area contributed by atoms with Crippen LogP contribution in [0.5, 0.6) is 5.75 Å². The predicted molar refractivity (Wildman–Crippen MR) is 97.2 cm³/mol. The molecule has 6 heteroatoms. The molecule has 0 atom stereocenters. The third-order valence-corrected chi connectivity index (χ3v) is 4.59. The van der Waals surface area contributed by atoms with Crippen LogP contribution in [0.25, 0.3) is 10.8 Å². The molecule has 3 aromatic rings. The first kappa shape index (κ1) is 17.0. The van der Waals surface area contributed by atoms with Crippen LogP contribution < -0.4 is 4.74 Å². The molecule has 5 nitrogen and oxygen atoms in total. The van der Waals surface area contributed by atoms with E-state index >= 15 is 0 Å². The number of benzene rings is 2. The SMILES string of the molecule is CN(Cc1ccsc1)C(=O)COc1cc2ccccc2cc1C(=O)O. The Morgan fingerprint density at radius 2 is 1.88 bits per heavy atom. The maximum absolute atomic E-state index is 12.2. The molecular formula is C19H17NO4S. The molecule has 1 heterocycles. The topological polar surface area (TPSA) is 66.8 Å². The van der Waals surface area contributed by atoms with Crippen molar-refractivity contribution in [1.82, 2.24) is 4.90 Å². The van der Waals surface area contributed by atoms with Crippen LogP contribution in [-0.2, 0) is 11.3 Å². The Balaban J connectivity index is 1.74. The van der Waals surface area contributed by atoms with Gasteiger partial charge in [0.25, 0.3) is 5.91 Å². The summed E-state index contributed by atoms with van der Waals surface area (Å²) in [5.41, 5.74) is 1.10. The highest BCUT2D eigenvalue weighted by Crippen LogP contribution is 2.26. The lowest BCUT2D eigenvalue weighted by molar-refractivity contribution is -0.132. The van der Waals surface area contributed by atoms with Gasteiger partial charge in [0.1, 0.15) is 11.3 Å². The van der Waals surface area contributed by atoms with Gasteiger partial charge in [0.05, 0.1) is 0 Å². The predicted octanol–water partition coefficient (Wildman–Crippen LogP) is 3.64. The summed E-state index contributed by atoms with van der Waals surface area (Å²) >= 11 is 1.58. The van der Waals surface area contributed by atoms with Gasteiger partial charge in [0.2, 0.25) is 0 Å². The lowest BCUT2D eigenvalue weighted by Crippen LogP contribution is -2.31. The van der Waals surface area contributed by atoms with Crippen molar-refractivity contribution in [2.75, 3.05) is 13.7 Å². The van der Waals surface area contributed by atoms with Crippen molar-refractivity contribution >= 4 is 34.0 Å². The summed E-state index contributed by atoms with van der Waals surface area (Å²) in [7, 11) is 1.70. The number of carboxylic acid groups (broad SMARTS) is 1. The molecule has 25 heavy (non-hydrogen) atoms. The molecule has 128 valence electrons. The number of aromatic carboxylic acids is 1. The molecule has 1 amide bonds. The summed E-state index contributed by atoms with van der Waals surface area (Å²) in [5, 5.41) is 15.0. The number of ether oxygens (including phenoxy) is 1. The van der Waals surface area contributed by atoms with Gasteiger partial charge in [0, 0.05) is 13.6 Å². The highest BCUT2D eigenvalue weighted by atomic mass is 32.1. The van der Waals surface area contributed by atoms with Crippen molar-refractivity contribution in [2.24, 2.45) is 0 Å². The van der Waals surface area contributed by atoms with Gasteiger partial charge in [-0.1, -0.05) is 24.3 Å². The summed E-state index contributed by atoms with van der Waals surface area (Å²) in [6, 6.07) is 12.6. The van der Waals surface area contributed by atoms with Crippen LogP contribution >= 0.6 is 11.3 Å². The summed E-state index contributed by atoms with van der Waals surface area (Å²) in [4.78, 5) is 25.3. The van der Waals surface area contributed by atoms with Crippen LogP contribution in [-0.4, -0.2) is 35.5 Å². The number of carboxylic acids is 1. The molecule has 0 saturated heterocycles. The van der Waals surface area contributed by atoms with E-state index in [1.807, 2.05) is 41.1 Å². The zero-order valence-corrected chi connectivity index (χ0v) is 14.5. The smallest absolute Gasteiger partial charge is 0.339 e. The molecule has 2 aromatic carbocycles. The van der Waals surface area contributed by atoms with E-state index in [4.69, 9.17) is 4.74 Å². The van der Waals surface area contributed by atoms with Crippen LogP contribution in [0.2, 0.25) is 0 Å². The van der Waals surface area contributed by atoms with Crippen LogP contribution in [0.15, 0.2) is 53.2 Å². The Bertz CT molecular complexity index is 905. The maximum atomic E-state index is 12.2. The van der Waals surface area contributed by atoms with Gasteiger partial charge in [-0.25, -0.2) is 4.79 Å². The number of nitrogens with zero attached hydrogens (tertiary/aromatic N) is 1. The molecule has 1 N–H and O–H groups in total. The highest BCUT2D eigenvalue weighted by Gasteiger charge is 2.16. The van der Waals surface area contributed by atoms with Crippen molar-refractivity contribution in [1.29, 1.82) is 0 Å². The number of carbonyl (C=O) groups excluding carboxylic acids is 1. The second-order valence-corrected chi connectivity index (χ2v) is 6.45. The first-order valence-electron chi connectivity index (χ1n) is 7.68. The number of rotatable bonds is 6. The number of carbonyl (C=O) groups is 2. The lowest BCUT2D eigenvalue weighted by atomic mass is 10.1. The van der Waals surface area contributed by atoms with E-state index in [2.05, 4.69) is 0 Å². The van der Waals surface area contributed by atoms with Gasteiger partial charge in [0.15, 0.2) is 6.61 Å². The van der Waals surface area contributed by atoms with Crippen molar-refractivity contribution in [3.05, 3.63) is 64.4 Å². The van der Waals surface area contributed by atoms with Crippen LogP contribution in [0.1, 0.15) is 15.9 Å². The lowest BCUT2D eigenvalue weighted by Gasteiger charge is -2.17. The molecular weight excluding hydrogens is 338 g/mol. The Labute approximate surface area is 149 Å². The van der Waals surface area contributed by atoms with Crippen LogP contribution in [0, 0.1) is 0 Å². The fraction of sp³-hybridized carbons (Fsp3) is 0.158. The third kappa shape index (κ3) is 3.97. The molecule has 0 bridgehead atoms. The molecule has 1 aromatic heterocycles. The van der Waals surface area contributed by atoms with Crippen molar-refractivity contribution in [3.63, 3.8) is 0 Å². The molecule has 0 aliphatic heterocycles. The number of fused-ring (bicyclic) bond motifs is 1. The number of amides is 1.